The lowest BCUT2D eigenvalue weighted by Gasteiger charge is -2.26. The summed E-state index contributed by atoms with van der Waals surface area (Å²) in [4.78, 5) is 26.2. The van der Waals surface area contributed by atoms with Crippen LogP contribution in [0.3, 0.4) is 0 Å². The summed E-state index contributed by atoms with van der Waals surface area (Å²) in [5.74, 6) is 1.24. The van der Waals surface area contributed by atoms with Crippen LogP contribution < -0.4 is 16.4 Å². The van der Waals surface area contributed by atoms with E-state index >= 15 is 0 Å². The standard InChI is InChI=1S/C20H26N8O.C9H14N2O2/c1-15-2-3-16(21)12-17(15)26-20-23-5-7-28(20)19-13-18(24-14-25-19)22-4-6-27-8-10-29-11-9-27;1-9(2,3)7-5-6(8(12)13)11(4)10-7/h2-3,5,7,12-14H,4,6,8-11,21H2,1H3,(H,23,26)(H,22,24,25);5H,1-4H3,(H,12,13). The summed E-state index contributed by atoms with van der Waals surface area (Å²) in [5.41, 5.74) is 9.54. The number of morpholine rings is 1. The van der Waals surface area contributed by atoms with Crippen LogP contribution in [-0.2, 0) is 17.2 Å². The van der Waals surface area contributed by atoms with Crippen LogP contribution >= 0.6 is 0 Å². The van der Waals surface area contributed by atoms with E-state index in [4.69, 9.17) is 15.6 Å². The lowest BCUT2D eigenvalue weighted by atomic mass is 9.92. The largest absolute Gasteiger partial charge is 0.477 e. The number of aryl methyl sites for hydroxylation is 2. The molecular weight excluding hydrogens is 536 g/mol. The van der Waals surface area contributed by atoms with Crippen LogP contribution in [0.25, 0.3) is 5.82 Å². The maximum absolute atomic E-state index is 10.7. The number of aromatic nitrogens is 6. The van der Waals surface area contributed by atoms with E-state index in [0.29, 0.717) is 11.6 Å². The molecule has 0 unspecified atom stereocenters. The van der Waals surface area contributed by atoms with Gasteiger partial charge in [-0.2, -0.15) is 5.10 Å². The molecule has 1 fully saturated rings. The Morgan fingerprint density at radius 3 is 2.55 bits per heavy atom. The molecule has 13 heteroatoms. The number of nitrogens with one attached hydrogen (secondary N) is 2. The van der Waals surface area contributed by atoms with Crippen LogP contribution in [0.2, 0.25) is 0 Å². The Morgan fingerprint density at radius 1 is 1.12 bits per heavy atom. The quantitative estimate of drug-likeness (QED) is 0.227. The van der Waals surface area contributed by atoms with Crippen molar-refractivity contribution in [3.05, 3.63) is 66.0 Å². The van der Waals surface area contributed by atoms with Crippen molar-refractivity contribution in [2.24, 2.45) is 7.05 Å². The molecule has 0 atom stereocenters. The number of anilines is 4. The molecule has 4 heterocycles. The first-order valence-electron chi connectivity index (χ1n) is 13.8. The molecule has 3 aromatic heterocycles. The van der Waals surface area contributed by atoms with Crippen molar-refractivity contribution in [1.29, 1.82) is 0 Å². The molecular formula is C29H40N10O3. The third-order valence-electron chi connectivity index (χ3n) is 6.75. The van der Waals surface area contributed by atoms with Crippen molar-refractivity contribution in [2.75, 3.05) is 55.8 Å². The number of nitrogens with two attached hydrogens (primary N) is 1. The summed E-state index contributed by atoms with van der Waals surface area (Å²) < 4.78 is 8.66. The van der Waals surface area contributed by atoms with Gasteiger partial charge in [-0.1, -0.05) is 26.8 Å². The van der Waals surface area contributed by atoms with Gasteiger partial charge in [0.1, 0.15) is 23.7 Å². The van der Waals surface area contributed by atoms with Gasteiger partial charge in [0.15, 0.2) is 0 Å². The molecule has 5 rings (SSSR count). The van der Waals surface area contributed by atoms with E-state index in [2.05, 4.69) is 35.6 Å². The molecule has 1 saturated heterocycles. The molecule has 0 aliphatic carbocycles. The fourth-order valence-corrected chi connectivity index (χ4v) is 4.25. The summed E-state index contributed by atoms with van der Waals surface area (Å²) in [6.07, 6.45) is 5.16. The molecule has 0 bridgehead atoms. The Morgan fingerprint density at radius 2 is 1.88 bits per heavy atom. The Balaban J connectivity index is 0.000000262. The first-order chi connectivity index (χ1) is 20.0. The van der Waals surface area contributed by atoms with Gasteiger partial charge in [0, 0.05) is 68.5 Å². The van der Waals surface area contributed by atoms with Gasteiger partial charge in [-0.05, 0) is 30.7 Å². The first kappa shape index (κ1) is 30.5. The predicted octanol–water partition coefficient (Wildman–Crippen LogP) is 3.46. The van der Waals surface area contributed by atoms with Crippen molar-refractivity contribution in [3.8, 4) is 5.82 Å². The first-order valence-corrected chi connectivity index (χ1v) is 13.8. The normalized spacial score (nSPS) is 13.7. The van der Waals surface area contributed by atoms with Crippen molar-refractivity contribution in [1.82, 2.24) is 34.2 Å². The van der Waals surface area contributed by atoms with Crippen LogP contribution in [0.4, 0.5) is 23.1 Å². The third kappa shape index (κ3) is 8.04. The van der Waals surface area contributed by atoms with Crippen molar-refractivity contribution < 1.29 is 14.6 Å². The van der Waals surface area contributed by atoms with Crippen LogP contribution in [0.15, 0.2) is 49.1 Å². The number of rotatable bonds is 8. The zero-order valence-electron chi connectivity index (χ0n) is 24.8. The Bertz CT molecular complexity index is 1490. The van der Waals surface area contributed by atoms with Gasteiger partial charge in [-0.3, -0.25) is 14.1 Å². The van der Waals surface area contributed by atoms with Gasteiger partial charge < -0.3 is 26.2 Å². The Kier molecular flexibility index (Phi) is 9.76. The molecule has 1 aliphatic heterocycles. The zero-order valence-corrected chi connectivity index (χ0v) is 24.8. The van der Waals surface area contributed by atoms with Gasteiger partial charge in [-0.15, -0.1) is 0 Å². The summed E-state index contributed by atoms with van der Waals surface area (Å²) in [7, 11) is 1.64. The highest BCUT2D eigenvalue weighted by Gasteiger charge is 2.21. The number of imidazole rings is 1. The number of hydrogen-bond donors (Lipinski definition) is 4. The summed E-state index contributed by atoms with van der Waals surface area (Å²) in [6, 6.07) is 9.28. The molecule has 5 N–H and O–H groups in total. The second kappa shape index (κ2) is 13.4. The minimum atomic E-state index is -0.939. The number of carbonyl (C=O) groups is 1. The fourth-order valence-electron chi connectivity index (χ4n) is 4.25. The molecule has 4 aromatic rings. The SMILES string of the molecule is Cc1ccc(N)cc1Nc1nccn1-c1cc(NCCN2CCOCC2)ncn1.Cn1nc(C(C)(C)C)cc1C(=O)O. The summed E-state index contributed by atoms with van der Waals surface area (Å²) >= 11 is 0. The number of aromatic carboxylic acids is 1. The van der Waals surface area contributed by atoms with Crippen LogP contribution in [0.1, 0.15) is 42.5 Å². The average Bonchev–Trinajstić information content (AvgIpc) is 3.59. The van der Waals surface area contributed by atoms with E-state index in [1.54, 1.807) is 25.6 Å². The van der Waals surface area contributed by atoms with Crippen molar-refractivity contribution in [2.45, 2.75) is 33.1 Å². The molecule has 0 spiro atoms. The van der Waals surface area contributed by atoms with Gasteiger partial charge in [0.25, 0.3) is 0 Å². The molecule has 1 aliphatic rings. The van der Waals surface area contributed by atoms with E-state index in [9.17, 15) is 4.79 Å². The maximum atomic E-state index is 10.7. The Labute approximate surface area is 245 Å². The van der Waals surface area contributed by atoms with E-state index < -0.39 is 5.97 Å². The van der Waals surface area contributed by atoms with Crippen LogP contribution in [0, 0.1) is 6.92 Å². The second-order valence-electron chi connectivity index (χ2n) is 11.1. The smallest absolute Gasteiger partial charge is 0.354 e. The summed E-state index contributed by atoms with van der Waals surface area (Å²) in [6.45, 7) is 13.4. The highest BCUT2D eigenvalue weighted by atomic mass is 16.5. The van der Waals surface area contributed by atoms with Crippen molar-refractivity contribution >= 4 is 29.1 Å². The number of hydrogen-bond acceptors (Lipinski definition) is 10. The minimum Gasteiger partial charge on any atom is -0.477 e. The number of nitrogen functional groups attached to an aromatic ring is 1. The molecule has 42 heavy (non-hydrogen) atoms. The van der Waals surface area contributed by atoms with Crippen LogP contribution in [0.5, 0.6) is 0 Å². The Hall–Kier alpha value is -4.49. The van der Waals surface area contributed by atoms with E-state index in [1.807, 2.05) is 62.7 Å². The molecule has 0 saturated carbocycles. The number of carboxylic acid groups (broad SMARTS) is 1. The zero-order chi connectivity index (χ0) is 30.3. The summed E-state index contributed by atoms with van der Waals surface area (Å²) in [5, 5.41) is 19.6. The number of ether oxygens (including phenoxy) is 1. The monoisotopic (exact) mass is 576 g/mol. The third-order valence-corrected chi connectivity index (χ3v) is 6.75. The predicted molar refractivity (Wildman–Crippen MR) is 163 cm³/mol. The lowest BCUT2D eigenvalue weighted by Crippen LogP contribution is -2.39. The minimum absolute atomic E-state index is 0.106. The topological polar surface area (TPSA) is 161 Å². The maximum Gasteiger partial charge on any atom is 0.354 e. The van der Waals surface area contributed by atoms with E-state index in [0.717, 1.165) is 68.0 Å². The highest BCUT2D eigenvalue weighted by molar-refractivity contribution is 5.85. The molecule has 0 amide bonds. The number of nitrogens with zero attached hydrogens (tertiary/aromatic N) is 7. The fraction of sp³-hybridized carbons (Fsp3) is 0.414. The van der Waals surface area contributed by atoms with E-state index in [-0.39, 0.29) is 11.1 Å². The highest BCUT2D eigenvalue weighted by Crippen LogP contribution is 2.24. The number of carboxylic acids is 1. The average molecular weight is 577 g/mol. The van der Waals surface area contributed by atoms with Gasteiger partial charge in [0.05, 0.1) is 18.9 Å². The lowest BCUT2D eigenvalue weighted by molar-refractivity contribution is 0.0398. The van der Waals surface area contributed by atoms with Crippen LogP contribution in [-0.4, -0.2) is 84.7 Å². The number of benzene rings is 1. The van der Waals surface area contributed by atoms with Gasteiger partial charge in [-0.25, -0.2) is 19.7 Å². The van der Waals surface area contributed by atoms with E-state index in [1.165, 1.54) is 4.68 Å². The molecule has 1 aromatic carbocycles. The molecule has 224 valence electrons. The van der Waals surface area contributed by atoms with Crippen molar-refractivity contribution in [3.63, 3.8) is 0 Å². The molecule has 13 nitrogen and oxygen atoms in total. The van der Waals surface area contributed by atoms with Gasteiger partial charge in [0.2, 0.25) is 5.95 Å². The van der Waals surface area contributed by atoms with Gasteiger partial charge >= 0.3 is 5.97 Å². The second-order valence-corrected chi connectivity index (χ2v) is 11.1. The molecule has 0 radical (unpaired) electrons.